The predicted octanol–water partition coefficient (Wildman–Crippen LogP) is 3.03. The number of nitrogens with zero attached hydrogens (tertiary/aromatic N) is 5. The number of para-hydroxylation sites is 1. The second kappa shape index (κ2) is 7.42. The van der Waals surface area contributed by atoms with Gasteiger partial charge in [0.15, 0.2) is 0 Å². The number of rotatable bonds is 6. The minimum atomic E-state index is 0.0969. The number of aromatic nitrogens is 4. The van der Waals surface area contributed by atoms with Crippen molar-refractivity contribution in [2.24, 2.45) is 0 Å². The third-order valence-corrected chi connectivity index (χ3v) is 4.16. The molecule has 0 saturated carbocycles. The topological polar surface area (TPSA) is 58.9 Å². The van der Waals surface area contributed by atoms with E-state index >= 15 is 0 Å². The molecule has 0 aliphatic carbocycles. The third-order valence-electron chi connectivity index (χ3n) is 3.81. The molecular weight excluding hydrogens is 324 g/mol. The van der Waals surface area contributed by atoms with Crippen molar-refractivity contribution in [3.8, 4) is 5.69 Å². The quantitative estimate of drug-likeness (QED) is 0.746. The van der Waals surface area contributed by atoms with E-state index in [1.165, 1.54) is 0 Å². The van der Waals surface area contributed by atoms with Crippen LogP contribution >= 0.6 is 11.6 Å². The SMILES string of the molecule is CN(C)C(CNc1nnnn1-c1ccccc1)c1ccccc1Cl. The van der Waals surface area contributed by atoms with Crippen molar-refractivity contribution < 1.29 is 0 Å². The molecule has 3 rings (SSSR count). The van der Waals surface area contributed by atoms with Crippen LogP contribution in [0.2, 0.25) is 5.02 Å². The van der Waals surface area contributed by atoms with Crippen LogP contribution in [-0.4, -0.2) is 45.7 Å². The van der Waals surface area contributed by atoms with Crippen LogP contribution in [0.5, 0.6) is 0 Å². The Morgan fingerprint density at radius 1 is 1.08 bits per heavy atom. The summed E-state index contributed by atoms with van der Waals surface area (Å²) in [6.45, 7) is 0.629. The lowest BCUT2D eigenvalue weighted by atomic mass is 10.1. The van der Waals surface area contributed by atoms with Gasteiger partial charge < -0.3 is 10.2 Å². The van der Waals surface area contributed by atoms with E-state index in [0.717, 1.165) is 16.3 Å². The number of hydrogen-bond acceptors (Lipinski definition) is 5. The van der Waals surface area contributed by atoms with E-state index in [-0.39, 0.29) is 6.04 Å². The number of anilines is 1. The highest BCUT2D eigenvalue weighted by molar-refractivity contribution is 6.31. The van der Waals surface area contributed by atoms with E-state index < -0.39 is 0 Å². The highest BCUT2D eigenvalue weighted by atomic mass is 35.5. The van der Waals surface area contributed by atoms with Gasteiger partial charge in [0.2, 0.25) is 5.95 Å². The summed E-state index contributed by atoms with van der Waals surface area (Å²) in [6.07, 6.45) is 0. The second-order valence-electron chi connectivity index (χ2n) is 5.63. The molecule has 0 radical (unpaired) electrons. The van der Waals surface area contributed by atoms with Crippen LogP contribution in [-0.2, 0) is 0 Å². The molecule has 3 aromatic rings. The van der Waals surface area contributed by atoms with Crippen LogP contribution in [0.15, 0.2) is 54.6 Å². The molecule has 0 bridgehead atoms. The van der Waals surface area contributed by atoms with E-state index in [9.17, 15) is 0 Å². The summed E-state index contributed by atoms with van der Waals surface area (Å²) >= 11 is 6.35. The molecule has 1 unspecified atom stereocenters. The summed E-state index contributed by atoms with van der Waals surface area (Å²) in [4.78, 5) is 2.12. The van der Waals surface area contributed by atoms with Gasteiger partial charge in [0, 0.05) is 11.6 Å². The Balaban J connectivity index is 1.80. The first-order chi connectivity index (χ1) is 11.7. The Labute approximate surface area is 146 Å². The standard InChI is InChI=1S/C17H19ClN6/c1-23(2)16(14-10-6-7-11-15(14)18)12-19-17-20-21-22-24(17)13-8-4-3-5-9-13/h3-11,16H,12H2,1-2H3,(H,19,20,22). The first-order valence-electron chi connectivity index (χ1n) is 7.65. The lowest BCUT2D eigenvalue weighted by Gasteiger charge is -2.26. The average Bonchev–Trinajstić information content (AvgIpc) is 3.06. The zero-order valence-electron chi connectivity index (χ0n) is 13.6. The molecule has 1 aromatic heterocycles. The van der Waals surface area contributed by atoms with E-state index in [1.54, 1.807) is 4.68 Å². The molecule has 2 aromatic carbocycles. The molecular formula is C17H19ClN6. The van der Waals surface area contributed by atoms with Crippen molar-refractivity contribution in [1.29, 1.82) is 0 Å². The van der Waals surface area contributed by atoms with Crippen molar-refractivity contribution >= 4 is 17.5 Å². The minimum Gasteiger partial charge on any atom is -0.351 e. The van der Waals surface area contributed by atoms with Gasteiger partial charge in [0.05, 0.1) is 11.7 Å². The van der Waals surface area contributed by atoms with Gasteiger partial charge in [-0.1, -0.05) is 53.1 Å². The third kappa shape index (κ3) is 3.55. The fourth-order valence-electron chi connectivity index (χ4n) is 2.54. The Kier molecular flexibility index (Phi) is 5.08. The van der Waals surface area contributed by atoms with Gasteiger partial charge in [0.1, 0.15) is 0 Å². The Morgan fingerprint density at radius 3 is 2.50 bits per heavy atom. The van der Waals surface area contributed by atoms with E-state index in [4.69, 9.17) is 11.6 Å². The van der Waals surface area contributed by atoms with Gasteiger partial charge in [-0.25, -0.2) is 0 Å². The van der Waals surface area contributed by atoms with Crippen molar-refractivity contribution in [2.75, 3.05) is 26.0 Å². The Hall–Kier alpha value is -2.44. The fraction of sp³-hybridized carbons (Fsp3) is 0.235. The van der Waals surface area contributed by atoms with Crippen LogP contribution in [0, 0.1) is 0 Å². The van der Waals surface area contributed by atoms with E-state index in [0.29, 0.717) is 12.5 Å². The minimum absolute atomic E-state index is 0.0969. The predicted molar refractivity (Wildman–Crippen MR) is 95.5 cm³/mol. The smallest absolute Gasteiger partial charge is 0.247 e. The fourth-order valence-corrected chi connectivity index (χ4v) is 2.81. The zero-order chi connectivity index (χ0) is 16.9. The molecule has 0 fully saturated rings. The van der Waals surface area contributed by atoms with Crippen molar-refractivity contribution in [2.45, 2.75) is 6.04 Å². The number of benzene rings is 2. The first kappa shape index (κ1) is 16.4. The van der Waals surface area contributed by atoms with Crippen molar-refractivity contribution in [3.63, 3.8) is 0 Å². The lowest BCUT2D eigenvalue weighted by Crippen LogP contribution is -2.27. The van der Waals surface area contributed by atoms with Gasteiger partial charge in [-0.05, 0) is 48.3 Å². The number of halogens is 1. The van der Waals surface area contributed by atoms with Crippen LogP contribution in [0.3, 0.4) is 0 Å². The summed E-state index contributed by atoms with van der Waals surface area (Å²) in [6, 6.07) is 17.7. The van der Waals surface area contributed by atoms with Crippen molar-refractivity contribution in [3.05, 3.63) is 65.2 Å². The maximum Gasteiger partial charge on any atom is 0.247 e. The molecule has 1 heterocycles. The van der Waals surface area contributed by atoms with E-state index in [1.807, 2.05) is 68.7 Å². The first-order valence-corrected chi connectivity index (χ1v) is 8.03. The van der Waals surface area contributed by atoms with Crippen LogP contribution < -0.4 is 5.32 Å². The molecule has 0 aliphatic rings. The Morgan fingerprint density at radius 2 is 1.79 bits per heavy atom. The molecule has 0 spiro atoms. The van der Waals surface area contributed by atoms with Crippen LogP contribution in [0.25, 0.3) is 5.69 Å². The highest BCUT2D eigenvalue weighted by Crippen LogP contribution is 2.26. The largest absolute Gasteiger partial charge is 0.351 e. The highest BCUT2D eigenvalue weighted by Gasteiger charge is 2.18. The molecule has 6 nitrogen and oxygen atoms in total. The molecule has 1 atom stereocenters. The summed E-state index contributed by atoms with van der Waals surface area (Å²) in [5, 5.41) is 16.0. The van der Waals surface area contributed by atoms with Crippen LogP contribution in [0.1, 0.15) is 11.6 Å². The van der Waals surface area contributed by atoms with Crippen LogP contribution in [0.4, 0.5) is 5.95 Å². The molecule has 0 amide bonds. The second-order valence-corrected chi connectivity index (χ2v) is 6.04. The number of nitrogens with one attached hydrogen (secondary N) is 1. The number of hydrogen-bond donors (Lipinski definition) is 1. The molecule has 7 heteroatoms. The Bertz CT molecular complexity index is 787. The maximum absolute atomic E-state index is 6.35. The van der Waals surface area contributed by atoms with Crippen molar-refractivity contribution in [1.82, 2.24) is 25.1 Å². The lowest BCUT2D eigenvalue weighted by molar-refractivity contribution is 0.311. The molecule has 0 aliphatic heterocycles. The number of tetrazole rings is 1. The van der Waals surface area contributed by atoms with Gasteiger partial charge in [0.25, 0.3) is 0 Å². The summed E-state index contributed by atoms with van der Waals surface area (Å²) in [5.74, 6) is 0.597. The zero-order valence-corrected chi connectivity index (χ0v) is 14.4. The molecule has 1 N–H and O–H groups in total. The average molecular weight is 343 g/mol. The summed E-state index contributed by atoms with van der Waals surface area (Å²) in [5.41, 5.74) is 1.97. The normalized spacial score (nSPS) is 12.3. The molecule has 0 saturated heterocycles. The molecule has 124 valence electrons. The summed E-state index contributed by atoms with van der Waals surface area (Å²) in [7, 11) is 4.05. The monoisotopic (exact) mass is 342 g/mol. The van der Waals surface area contributed by atoms with Gasteiger partial charge in [-0.15, -0.1) is 0 Å². The molecule has 24 heavy (non-hydrogen) atoms. The van der Waals surface area contributed by atoms with Gasteiger partial charge in [-0.2, -0.15) is 4.68 Å². The van der Waals surface area contributed by atoms with Gasteiger partial charge >= 0.3 is 0 Å². The maximum atomic E-state index is 6.35. The summed E-state index contributed by atoms with van der Waals surface area (Å²) < 4.78 is 1.68. The van der Waals surface area contributed by atoms with E-state index in [2.05, 4.69) is 25.7 Å². The van der Waals surface area contributed by atoms with Gasteiger partial charge in [-0.3, -0.25) is 0 Å². The number of likely N-dealkylation sites (N-methyl/N-ethyl adjacent to an activating group) is 1.